The molecule has 0 aliphatic carbocycles. The molecule has 0 radical (unpaired) electrons. The summed E-state index contributed by atoms with van der Waals surface area (Å²) in [5, 5.41) is 25.3. The number of unbranched alkanes of at least 4 members (excludes halogenated alkanes) is 1. The van der Waals surface area contributed by atoms with Crippen LogP contribution in [0.1, 0.15) is 44.3 Å². The number of aromatic nitrogens is 6. The molecule has 7 nitrogen and oxygen atoms in total. The molecule has 2 heterocycles. The van der Waals surface area contributed by atoms with Crippen LogP contribution in [0.25, 0.3) is 22.5 Å². The van der Waals surface area contributed by atoms with Gasteiger partial charge in [-0.25, -0.2) is 4.98 Å². The van der Waals surface area contributed by atoms with Crippen molar-refractivity contribution in [1.29, 1.82) is 0 Å². The maximum atomic E-state index is 9.76. The molecule has 1 N–H and O–H groups in total. The van der Waals surface area contributed by atoms with Crippen molar-refractivity contribution in [2.24, 2.45) is 0 Å². The minimum Gasteiger partial charge on any atom is -0.390 e. The zero-order valence-electron chi connectivity index (χ0n) is 16.7. The van der Waals surface area contributed by atoms with E-state index < -0.39 is 0 Å². The SMILES string of the molecule is C.CCCCc1nc(Cl)c(CO)n1Cc1ccc(-c2ccccc2-c2nnn[n-]2)cc1. The average molecular weight is 438 g/mol. The van der Waals surface area contributed by atoms with Gasteiger partial charge in [-0.1, -0.05) is 80.9 Å². The molecule has 0 bridgehead atoms. The largest absolute Gasteiger partial charge is 0.390 e. The molecule has 0 atom stereocenters. The lowest BCUT2D eigenvalue weighted by molar-refractivity contribution is 0.271. The van der Waals surface area contributed by atoms with Crippen LogP contribution in [0.3, 0.4) is 0 Å². The number of halogens is 1. The average Bonchev–Trinajstić information content (AvgIpc) is 3.41. The van der Waals surface area contributed by atoms with E-state index in [4.69, 9.17) is 11.6 Å². The Hall–Kier alpha value is -3.03. The van der Waals surface area contributed by atoms with Gasteiger partial charge in [0.2, 0.25) is 0 Å². The van der Waals surface area contributed by atoms with Crippen LogP contribution in [0.15, 0.2) is 48.5 Å². The molecule has 2 aromatic heterocycles. The van der Waals surface area contributed by atoms with Gasteiger partial charge in [0.15, 0.2) is 5.15 Å². The molecule has 4 rings (SSSR count). The normalized spacial score (nSPS) is 10.8. The molecule has 0 saturated carbocycles. The first-order chi connectivity index (χ1) is 14.7. The summed E-state index contributed by atoms with van der Waals surface area (Å²) in [4.78, 5) is 4.46. The number of hydrogen-bond donors (Lipinski definition) is 1. The Morgan fingerprint density at radius 3 is 2.45 bits per heavy atom. The van der Waals surface area contributed by atoms with Gasteiger partial charge in [-0.2, -0.15) is 5.21 Å². The number of rotatable bonds is 8. The molecule has 0 aliphatic rings. The maximum absolute atomic E-state index is 9.76. The van der Waals surface area contributed by atoms with Crippen LogP contribution < -0.4 is 5.10 Å². The summed E-state index contributed by atoms with van der Waals surface area (Å²) >= 11 is 6.25. The van der Waals surface area contributed by atoms with Gasteiger partial charge in [-0.15, -0.1) is 0 Å². The van der Waals surface area contributed by atoms with E-state index in [1.54, 1.807) is 0 Å². The van der Waals surface area contributed by atoms with Crippen LogP contribution in [-0.2, 0) is 19.6 Å². The quantitative estimate of drug-likeness (QED) is 0.435. The number of nitrogens with zero attached hydrogens (tertiary/aromatic N) is 6. The summed E-state index contributed by atoms with van der Waals surface area (Å²) in [5.41, 5.74) is 4.72. The smallest absolute Gasteiger partial charge is 0.152 e. The second-order valence-electron chi connectivity index (χ2n) is 7.06. The minimum absolute atomic E-state index is 0. The Morgan fingerprint density at radius 1 is 1.06 bits per heavy atom. The lowest BCUT2D eigenvalue weighted by Gasteiger charge is -2.13. The van der Waals surface area contributed by atoms with Crippen LogP contribution in [0.5, 0.6) is 0 Å². The van der Waals surface area contributed by atoms with Crippen LogP contribution in [0, 0.1) is 0 Å². The van der Waals surface area contributed by atoms with Crippen molar-refractivity contribution < 1.29 is 5.11 Å². The Balaban J connectivity index is 0.00000272. The van der Waals surface area contributed by atoms with E-state index in [0.717, 1.165) is 47.3 Å². The Bertz CT molecular complexity index is 1110. The van der Waals surface area contributed by atoms with Crippen LogP contribution in [-0.4, -0.2) is 30.2 Å². The second-order valence-corrected chi connectivity index (χ2v) is 7.42. The van der Waals surface area contributed by atoms with E-state index in [1.165, 1.54) is 0 Å². The summed E-state index contributed by atoms with van der Waals surface area (Å²) in [6.45, 7) is 2.62. The first-order valence-corrected chi connectivity index (χ1v) is 10.3. The zero-order chi connectivity index (χ0) is 20.9. The fourth-order valence-electron chi connectivity index (χ4n) is 3.52. The molecular weight excluding hydrogens is 412 g/mol. The van der Waals surface area contributed by atoms with Gasteiger partial charge < -0.3 is 14.8 Å². The molecule has 2 aromatic carbocycles. The highest BCUT2D eigenvalue weighted by atomic mass is 35.5. The van der Waals surface area contributed by atoms with Crippen molar-refractivity contribution in [2.45, 2.75) is 46.8 Å². The molecule has 4 aromatic rings. The van der Waals surface area contributed by atoms with Crippen LogP contribution in [0.4, 0.5) is 0 Å². The third-order valence-corrected chi connectivity index (χ3v) is 5.40. The van der Waals surface area contributed by atoms with E-state index in [0.29, 0.717) is 23.2 Å². The Morgan fingerprint density at radius 2 is 1.81 bits per heavy atom. The summed E-state index contributed by atoms with van der Waals surface area (Å²) in [5.74, 6) is 1.42. The van der Waals surface area contributed by atoms with E-state index in [9.17, 15) is 5.11 Å². The predicted molar refractivity (Wildman–Crippen MR) is 122 cm³/mol. The van der Waals surface area contributed by atoms with Crippen molar-refractivity contribution >= 4 is 11.6 Å². The second kappa shape index (κ2) is 10.3. The highest BCUT2D eigenvalue weighted by molar-refractivity contribution is 6.30. The standard InChI is InChI=1S/C22H22ClN6O.CH4/c1-2-3-8-20-24-21(23)19(14-30)29(20)13-15-9-11-16(12-10-15)17-6-4-5-7-18(17)22-25-27-28-26-22;/h4-7,9-12,30H,2-3,8,13-14H2,1H3;1H4/q-1;. The van der Waals surface area contributed by atoms with Crippen molar-refractivity contribution in [3.05, 3.63) is 70.8 Å². The number of benzene rings is 2. The molecule has 0 saturated heterocycles. The molecule has 162 valence electrons. The van der Waals surface area contributed by atoms with Gasteiger partial charge in [-0.3, -0.25) is 10.3 Å². The van der Waals surface area contributed by atoms with Gasteiger partial charge in [0.05, 0.1) is 12.3 Å². The first kappa shape index (κ1) is 22.7. The number of hydrogen-bond acceptors (Lipinski definition) is 5. The van der Waals surface area contributed by atoms with E-state index in [1.807, 2.05) is 28.8 Å². The number of tetrazole rings is 1. The molecule has 0 unspecified atom stereocenters. The van der Waals surface area contributed by atoms with Gasteiger partial charge >= 0.3 is 0 Å². The topological polar surface area (TPSA) is 90.8 Å². The molecule has 31 heavy (non-hydrogen) atoms. The Labute approximate surface area is 187 Å². The third kappa shape index (κ3) is 4.84. The summed E-state index contributed by atoms with van der Waals surface area (Å²) in [6, 6.07) is 16.2. The maximum Gasteiger partial charge on any atom is 0.152 e. The fourth-order valence-corrected chi connectivity index (χ4v) is 3.78. The lowest BCUT2D eigenvalue weighted by atomic mass is 9.98. The van der Waals surface area contributed by atoms with Crippen molar-refractivity contribution in [3.63, 3.8) is 0 Å². The van der Waals surface area contributed by atoms with E-state index in [2.05, 4.69) is 56.8 Å². The van der Waals surface area contributed by atoms with Gasteiger partial charge in [0.1, 0.15) is 5.82 Å². The lowest BCUT2D eigenvalue weighted by Crippen LogP contribution is -2.09. The highest BCUT2D eigenvalue weighted by Gasteiger charge is 2.15. The summed E-state index contributed by atoms with van der Waals surface area (Å²) in [6.07, 6.45) is 2.94. The molecule has 0 fully saturated rings. The molecule has 0 amide bonds. The van der Waals surface area contributed by atoms with Crippen molar-refractivity contribution in [2.75, 3.05) is 0 Å². The van der Waals surface area contributed by atoms with Crippen LogP contribution >= 0.6 is 11.6 Å². The number of aliphatic hydroxyl groups is 1. The third-order valence-electron chi connectivity index (χ3n) is 5.10. The molecular formula is C23H26ClN6O-. The summed E-state index contributed by atoms with van der Waals surface area (Å²) in [7, 11) is 0. The van der Waals surface area contributed by atoms with E-state index in [-0.39, 0.29) is 14.0 Å². The molecule has 0 spiro atoms. The van der Waals surface area contributed by atoms with Crippen molar-refractivity contribution in [1.82, 2.24) is 30.2 Å². The highest BCUT2D eigenvalue weighted by Crippen LogP contribution is 2.30. The van der Waals surface area contributed by atoms with E-state index >= 15 is 0 Å². The predicted octanol–water partition coefficient (Wildman–Crippen LogP) is 4.53. The summed E-state index contributed by atoms with van der Waals surface area (Å²) < 4.78 is 2.02. The number of aliphatic hydroxyl groups excluding tert-OH is 1. The number of imidazole rings is 1. The first-order valence-electron chi connectivity index (χ1n) is 9.93. The Kier molecular flexibility index (Phi) is 7.55. The molecule has 8 heteroatoms. The molecule has 0 aliphatic heterocycles. The van der Waals surface area contributed by atoms with Crippen LogP contribution in [0.2, 0.25) is 5.15 Å². The zero-order valence-corrected chi connectivity index (χ0v) is 17.4. The monoisotopic (exact) mass is 437 g/mol. The fraction of sp³-hybridized carbons (Fsp3) is 0.304. The minimum atomic E-state index is -0.134. The number of aryl methyl sites for hydroxylation is 1. The van der Waals surface area contributed by atoms with Gasteiger partial charge in [-0.05, 0) is 28.7 Å². The van der Waals surface area contributed by atoms with Gasteiger partial charge in [0.25, 0.3) is 0 Å². The van der Waals surface area contributed by atoms with Crippen molar-refractivity contribution in [3.8, 4) is 22.5 Å². The van der Waals surface area contributed by atoms with Gasteiger partial charge in [0, 0.05) is 18.8 Å².